The smallest absolute Gasteiger partial charge is 0.170 e. The minimum atomic E-state index is 0.127. The molecule has 2 rings (SSSR count). The summed E-state index contributed by atoms with van der Waals surface area (Å²) in [5.41, 5.74) is 8.61. The number of nitrogens with zero attached hydrogens (tertiary/aromatic N) is 2. The van der Waals surface area contributed by atoms with Crippen molar-refractivity contribution in [3.05, 3.63) is 57.7 Å². The van der Waals surface area contributed by atoms with Gasteiger partial charge in [-0.25, -0.2) is 4.98 Å². The fourth-order valence-corrected chi connectivity index (χ4v) is 2.83. The first-order valence-electron chi connectivity index (χ1n) is 5.92. The molecule has 0 aliphatic carbocycles. The fraction of sp³-hybridized carbons (Fsp3) is 0.143. The van der Waals surface area contributed by atoms with Gasteiger partial charge in [-0.1, -0.05) is 17.3 Å². The van der Waals surface area contributed by atoms with Crippen LogP contribution in [0, 0.1) is 6.92 Å². The molecule has 3 N–H and O–H groups in total. The molecule has 0 fully saturated rings. The van der Waals surface area contributed by atoms with E-state index < -0.39 is 0 Å². The lowest BCUT2D eigenvalue weighted by Gasteiger charge is -2.07. The number of oxime groups is 1. The Bertz CT molecular complexity index is 629. The molecular formula is C14H14BrN3OS. The van der Waals surface area contributed by atoms with Gasteiger partial charge in [-0.05, 0) is 52.2 Å². The number of halogens is 1. The summed E-state index contributed by atoms with van der Waals surface area (Å²) in [5, 5.41) is 12.7. The van der Waals surface area contributed by atoms with E-state index in [1.165, 1.54) is 5.56 Å². The van der Waals surface area contributed by atoms with Crippen LogP contribution in [-0.4, -0.2) is 16.0 Å². The van der Waals surface area contributed by atoms with E-state index in [9.17, 15) is 0 Å². The van der Waals surface area contributed by atoms with E-state index in [-0.39, 0.29) is 5.84 Å². The van der Waals surface area contributed by atoms with E-state index in [1.54, 1.807) is 18.0 Å². The highest BCUT2D eigenvalue weighted by Gasteiger charge is 2.05. The lowest BCUT2D eigenvalue weighted by molar-refractivity contribution is 0.318. The van der Waals surface area contributed by atoms with Crippen molar-refractivity contribution >= 4 is 33.5 Å². The predicted molar refractivity (Wildman–Crippen MR) is 85.2 cm³/mol. The summed E-state index contributed by atoms with van der Waals surface area (Å²) < 4.78 is 0.973. The monoisotopic (exact) mass is 351 g/mol. The number of hydrogen-bond acceptors (Lipinski definition) is 4. The third kappa shape index (κ3) is 3.74. The standard InChI is InChI=1S/C14H14BrN3OS/c1-9-6-10(14(16)18-19)2-3-11(9)8-20-13-5-4-12(15)7-17-13/h2-7,19H,8H2,1H3,(H2,16,18). The summed E-state index contributed by atoms with van der Waals surface area (Å²) in [7, 11) is 0. The molecule has 0 amide bonds. The van der Waals surface area contributed by atoms with Crippen LogP contribution < -0.4 is 5.73 Å². The number of pyridine rings is 1. The second kappa shape index (κ2) is 6.76. The Balaban J connectivity index is 2.08. The fourth-order valence-electron chi connectivity index (χ4n) is 1.67. The highest BCUT2D eigenvalue weighted by Crippen LogP contribution is 2.24. The van der Waals surface area contributed by atoms with Crippen molar-refractivity contribution in [2.75, 3.05) is 0 Å². The molecule has 1 heterocycles. The normalized spacial score (nSPS) is 11.6. The van der Waals surface area contributed by atoms with E-state index in [2.05, 4.69) is 26.1 Å². The molecule has 104 valence electrons. The SMILES string of the molecule is Cc1cc(/C(N)=N/O)ccc1CSc1ccc(Br)cn1. The molecule has 20 heavy (non-hydrogen) atoms. The first-order valence-corrected chi connectivity index (χ1v) is 7.70. The summed E-state index contributed by atoms with van der Waals surface area (Å²) in [5.74, 6) is 0.957. The number of amidine groups is 1. The Hall–Kier alpha value is -1.53. The minimum absolute atomic E-state index is 0.127. The van der Waals surface area contributed by atoms with Crippen LogP contribution in [0.25, 0.3) is 0 Å². The first-order chi connectivity index (χ1) is 9.60. The Labute approximate surface area is 130 Å². The van der Waals surface area contributed by atoms with Crippen molar-refractivity contribution in [3.8, 4) is 0 Å². The van der Waals surface area contributed by atoms with Gasteiger partial charge in [0.2, 0.25) is 0 Å². The maximum absolute atomic E-state index is 8.67. The van der Waals surface area contributed by atoms with Crippen molar-refractivity contribution in [1.82, 2.24) is 4.98 Å². The molecule has 4 nitrogen and oxygen atoms in total. The molecular weight excluding hydrogens is 338 g/mol. The van der Waals surface area contributed by atoms with Gasteiger partial charge in [0.15, 0.2) is 5.84 Å². The minimum Gasteiger partial charge on any atom is -0.409 e. The number of nitrogens with two attached hydrogens (primary N) is 1. The van der Waals surface area contributed by atoms with Crippen molar-refractivity contribution in [2.45, 2.75) is 17.7 Å². The zero-order valence-corrected chi connectivity index (χ0v) is 13.3. The molecule has 6 heteroatoms. The van der Waals surface area contributed by atoms with Crippen LogP contribution in [0.4, 0.5) is 0 Å². The molecule has 0 aliphatic heterocycles. The first kappa shape index (κ1) is 14.9. The second-order valence-electron chi connectivity index (χ2n) is 4.23. The lowest BCUT2D eigenvalue weighted by atomic mass is 10.1. The molecule has 1 aromatic carbocycles. The summed E-state index contributed by atoms with van der Waals surface area (Å²) in [4.78, 5) is 4.33. The van der Waals surface area contributed by atoms with Crippen LogP contribution in [0.1, 0.15) is 16.7 Å². The lowest BCUT2D eigenvalue weighted by Crippen LogP contribution is -2.13. The highest BCUT2D eigenvalue weighted by molar-refractivity contribution is 9.10. The van der Waals surface area contributed by atoms with Gasteiger partial charge in [-0.2, -0.15) is 0 Å². The van der Waals surface area contributed by atoms with Crippen molar-refractivity contribution < 1.29 is 5.21 Å². The van der Waals surface area contributed by atoms with Crippen LogP contribution in [0.5, 0.6) is 0 Å². The molecule has 0 unspecified atom stereocenters. The maximum Gasteiger partial charge on any atom is 0.170 e. The van der Waals surface area contributed by atoms with E-state index in [0.29, 0.717) is 0 Å². The van der Waals surface area contributed by atoms with Crippen LogP contribution in [-0.2, 0) is 5.75 Å². The van der Waals surface area contributed by atoms with E-state index in [0.717, 1.165) is 26.4 Å². The molecule has 1 aromatic heterocycles. The number of hydrogen-bond donors (Lipinski definition) is 2. The molecule has 2 aromatic rings. The largest absolute Gasteiger partial charge is 0.409 e. The van der Waals surface area contributed by atoms with Crippen molar-refractivity contribution in [3.63, 3.8) is 0 Å². The van der Waals surface area contributed by atoms with E-state index in [4.69, 9.17) is 10.9 Å². The molecule has 0 radical (unpaired) electrons. The third-order valence-corrected chi connectivity index (χ3v) is 4.28. The zero-order valence-electron chi connectivity index (χ0n) is 10.9. The van der Waals surface area contributed by atoms with Gasteiger partial charge in [0.1, 0.15) is 0 Å². The Kier molecular flexibility index (Phi) is 5.03. The van der Waals surface area contributed by atoms with Crippen molar-refractivity contribution in [1.29, 1.82) is 0 Å². The van der Waals surface area contributed by atoms with Gasteiger partial charge in [0.05, 0.1) is 5.03 Å². The van der Waals surface area contributed by atoms with Crippen LogP contribution in [0.15, 0.2) is 51.2 Å². The summed E-state index contributed by atoms with van der Waals surface area (Å²) in [6.07, 6.45) is 1.79. The van der Waals surface area contributed by atoms with Crippen LogP contribution in [0.3, 0.4) is 0 Å². The van der Waals surface area contributed by atoms with Crippen LogP contribution >= 0.6 is 27.7 Å². The molecule has 0 aliphatic rings. The van der Waals surface area contributed by atoms with E-state index in [1.807, 2.05) is 37.3 Å². The number of aromatic nitrogens is 1. The molecule has 0 saturated carbocycles. The topological polar surface area (TPSA) is 71.5 Å². The third-order valence-electron chi connectivity index (χ3n) is 2.82. The average Bonchev–Trinajstić information content (AvgIpc) is 2.46. The Morgan fingerprint density at radius 2 is 2.20 bits per heavy atom. The maximum atomic E-state index is 8.67. The number of thioether (sulfide) groups is 1. The van der Waals surface area contributed by atoms with Gasteiger partial charge in [0, 0.05) is 22.0 Å². The van der Waals surface area contributed by atoms with Gasteiger partial charge >= 0.3 is 0 Å². The molecule has 0 saturated heterocycles. The number of aryl methyl sites for hydroxylation is 1. The van der Waals surface area contributed by atoms with Gasteiger partial charge in [-0.3, -0.25) is 0 Å². The zero-order chi connectivity index (χ0) is 14.5. The molecule has 0 atom stereocenters. The van der Waals surface area contributed by atoms with Gasteiger partial charge in [-0.15, -0.1) is 11.8 Å². The Morgan fingerprint density at radius 1 is 1.40 bits per heavy atom. The van der Waals surface area contributed by atoms with Crippen molar-refractivity contribution in [2.24, 2.45) is 10.9 Å². The highest BCUT2D eigenvalue weighted by atomic mass is 79.9. The van der Waals surface area contributed by atoms with Gasteiger partial charge in [0.25, 0.3) is 0 Å². The summed E-state index contributed by atoms with van der Waals surface area (Å²) in [6.45, 7) is 2.01. The average molecular weight is 352 g/mol. The second-order valence-corrected chi connectivity index (χ2v) is 6.14. The summed E-state index contributed by atoms with van der Waals surface area (Å²) >= 11 is 5.04. The molecule has 0 bridgehead atoms. The predicted octanol–water partition coefficient (Wildman–Crippen LogP) is 3.54. The number of benzene rings is 1. The number of rotatable bonds is 4. The Morgan fingerprint density at radius 3 is 2.80 bits per heavy atom. The summed E-state index contributed by atoms with van der Waals surface area (Å²) in [6, 6.07) is 9.72. The quantitative estimate of drug-likeness (QED) is 0.290. The van der Waals surface area contributed by atoms with Gasteiger partial charge < -0.3 is 10.9 Å². The van der Waals surface area contributed by atoms with E-state index >= 15 is 0 Å². The van der Waals surface area contributed by atoms with Crippen LogP contribution in [0.2, 0.25) is 0 Å². The molecule has 0 spiro atoms.